The van der Waals surface area contributed by atoms with Gasteiger partial charge in [-0.3, -0.25) is 4.79 Å². The van der Waals surface area contributed by atoms with Crippen molar-refractivity contribution in [3.8, 4) is 0 Å². The van der Waals surface area contributed by atoms with Gasteiger partial charge in [-0.2, -0.15) is 0 Å². The molecule has 2 heterocycles. The zero-order valence-electron chi connectivity index (χ0n) is 10.9. The van der Waals surface area contributed by atoms with Crippen LogP contribution < -0.4 is 10.6 Å². The maximum Gasteiger partial charge on any atom is 0.225 e. The minimum absolute atomic E-state index is 0.0740. The van der Waals surface area contributed by atoms with Crippen molar-refractivity contribution in [2.45, 2.75) is 32.6 Å². The van der Waals surface area contributed by atoms with Crippen molar-refractivity contribution in [2.75, 3.05) is 18.4 Å². The number of carbonyl (C=O) groups is 1. The maximum atomic E-state index is 11.8. The largest absolute Gasteiger partial charge is 0.317 e. The lowest BCUT2D eigenvalue weighted by Crippen LogP contribution is -2.28. The van der Waals surface area contributed by atoms with Gasteiger partial charge in [0.15, 0.2) is 0 Å². The molecule has 0 saturated carbocycles. The lowest BCUT2D eigenvalue weighted by Gasteiger charge is -2.22. The van der Waals surface area contributed by atoms with Crippen molar-refractivity contribution < 1.29 is 4.79 Å². The van der Waals surface area contributed by atoms with Crippen molar-refractivity contribution in [1.29, 1.82) is 0 Å². The highest BCUT2D eigenvalue weighted by Crippen LogP contribution is 2.18. The first-order chi connectivity index (χ1) is 8.74. The summed E-state index contributed by atoms with van der Waals surface area (Å²) in [7, 11) is 0. The van der Waals surface area contributed by atoms with Crippen LogP contribution in [0.4, 0.5) is 5.82 Å². The lowest BCUT2D eigenvalue weighted by molar-refractivity contribution is -0.116. The topological polar surface area (TPSA) is 54.0 Å². The van der Waals surface area contributed by atoms with Crippen molar-refractivity contribution in [3.63, 3.8) is 0 Å². The van der Waals surface area contributed by atoms with Crippen LogP contribution in [0.1, 0.15) is 31.2 Å². The molecule has 1 saturated heterocycles. The van der Waals surface area contributed by atoms with Crippen molar-refractivity contribution in [1.82, 2.24) is 10.3 Å². The molecule has 0 unspecified atom stereocenters. The number of aromatic nitrogens is 1. The molecule has 4 heteroatoms. The molecule has 4 nitrogen and oxygen atoms in total. The molecule has 1 aliphatic heterocycles. The van der Waals surface area contributed by atoms with E-state index in [0.717, 1.165) is 25.1 Å². The van der Waals surface area contributed by atoms with E-state index >= 15 is 0 Å². The summed E-state index contributed by atoms with van der Waals surface area (Å²) in [5.41, 5.74) is 1.10. The minimum atomic E-state index is 0.0740. The second kappa shape index (κ2) is 6.50. The number of nitrogens with one attached hydrogen (secondary N) is 2. The van der Waals surface area contributed by atoms with Gasteiger partial charge in [0.25, 0.3) is 0 Å². The van der Waals surface area contributed by atoms with Gasteiger partial charge in [0.05, 0.1) is 0 Å². The number of carbonyl (C=O) groups excluding carboxylic acids is 1. The molecule has 1 aliphatic rings. The second-order valence-electron chi connectivity index (χ2n) is 5.00. The number of nitrogens with zero attached hydrogens (tertiary/aromatic N) is 1. The van der Waals surface area contributed by atoms with E-state index in [1.165, 1.54) is 12.8 Å². The van der Waals surface area contributed by atoms with E-state index in [9.17, 15) is 4.79 Å². The first-order valence-corrected chi connectivity index (χ1v) is 6.67. The first-order valence-electron chi connectivity index (χ1n) is 6.67. The molecular weight excluding hydrogens is 226 g/mol. The molecule has 2 rings (SSSR count). The fourth-order valence-corrected chi connectivity index (χ4v) is 2.25. The van der Waals surface area contributed by atoms with Crippen LogP contribution in [0.25, 0.3) is 0 Å². The average Bonchev–Trinajstić information content (AvgIpc) is 2.40. The molecule has 0 aromatic carbocycles. The zero-order chi connectivity index (χ0) is 12.8. The highest BCUT2D eigenvalue weighted by Gasteiger charge is 2.14. The van der Waals surface area contributed by atoms with Crippen LogP contribution in [0, 0.1) is 12.8 Å². The molecule has 1 aromatic heterocycles. The predicted molar refractivity (Wildman–Crippen MR) is 72.4 cm³/mol. The standard InChI is InChI=1S/C14H21N3O/c1-11-2-4-13(16-10-11)17-14(18)5-3-12-6-8-15-9-7-12/h2,4,10,12,15H,3,5-9H2,1H3,(H,16,17,18). The van der Waals surface area contributed by atoms with E-state index in [2.05, 4.69) is 15.6 Å². The molecule has 1 fully saturated rings. The van der Waals surface area contributed by atoms with Crippen molar-refractivity contribution in [3.05, 3.63) is 23.9 Å². The fourth-order valence-electron chi connectivity index (χ4n) is 2.25. The van der Waals surface area contributed by atoms with Crippen LogP contribution >= 0.6 is 0 Å². The Hall–Kier alpha value is -1.42. The summed E-state index contributed by atoms with van der Waals surface area (Å²) in [5.74, 6) is 1.42. The summed E-state index contributed by atoms with van der Waals surface area (Å²) in [6.45, 7) is 4.16. The predicted octanol–water partition coefficient (Wildman–Crippen LogP) is 2.11. The number of rotatable bonds is 4. The molecule has 1 amide bonds. The summed E-state index contributed by atoms with van der Waals surface area (Å²) in [5, 5.41) is 6.18. The smallest absolute Gasteiger partial charge is 0.225 e. The van der Waals surface area contributed by atoms with Gasteiger partial charge in [-0.15, -0.1) is 0 Å². The fraction of sp³-hybridized carbons (Fsp3) is 0.571. The van der Waals surface area contributed by atoms with Crippen LogP contribution in [-0.2, 0) is 4.79 Å². The van der Waals surface area contributed by atoms with Gasteiger partial charge in [-0.1, -0.05) is 6.07 Å². The van der Waals surface area contributed by atoms with Gasteiger partial charge < -0.3 is 10.6 Å². The van der Waals surface area contributed by atoms with E-state index in [-0.39, 0.29) is 5.91 Å². The Morgan fingerprint density at radius 1 is 1.44 bits per heavy atom. The van der Waals surface area contributed by atoms with Gasteiger partial charge in [0, 0.05) is 12.6 Å². The first kappa shape index (κ1) is 13.0. The van der Waals surface area contributed by atoms with Crippen molar-refractivity contribution in [2.24, 2.45) is 5.92 Å². The Morgan fingerprint density at radius 3 is 2.89 bits per heavy atom. The summed E-state index contributed by atoms with van der Waals surface area (Å²) in [6.07, 6.45) is 5.73. The summed E-state index contributed by atoms with van der Waals surface area (Å²) in [6, 6.07) is 3.80. The SMILES string of the molecule is Cc1ccc(NC(=O)CCC2CCNCC2)nc1. The van der Waals surface area contributed by atoms with E-state index in [1.807, 2.05) is 19.1 Å². The van der Waals surface area contributed by atoms with E-state index in [4.69, 9.17) is 0 Å². The molecule has 0 spiro atoms. The lowest BCUT2D eigenvalue weighted by atomic mass is 9.93. The molecular formula is C14H21N3O. The van der Waals surface area contributed by atoms with Gasteiger partial charge in [0.2, 0.25) is 5.91 Å². The maximum absolute atomic E-state index is 11.8. The number of amides is 1. The molecule has 0 radical (unpaired) electrons. The van der Waals surface area contributed by atoms with E-state index in [1.54, 1.807) is 6.20 Å². The number of piperidine rings is 1. The quantitative estimate of drug-likeness (QED) is 0.856. The second-order valence-corrected chi connectivity index (χ2v) is 5.00. The Kier molecular flexibility index (Phi) is 4.70. The number of hydrogen-bond donors (Lipinski definition) is 2. The Bertz CT molecular complexity index is 383. The third kappa shape index (κ3) is 4.11. The van der Waals surface area contributed by atoms with Crippen molar-refractivity contribution >= 4 is 11.7 Å². The zero-order valence-corrected chi connectivity index (χ0v) is 10.9. The van der Waals surface area contributed by atoms with Gasteiger partial charge in [-0.05, 0) is 56.8 Å². The Labute approximate surface area is 108 Å². The normalized spacial score (nSPS) is 16.5. The highest BCUT2D eigenvalue weighted by molar-refractivity contribution is 5.89. The number of anilines is 1. The van der Waals surface area contributed by atoms with Crippen LogP contribution in [0.5, 0.6) is 0 Å². The number of aryl methyl sites for hydroxylation is 1. The molecule has 0 bridgehead atoms. The third-order valence-corrected chi connectivity index (χ3v) is 3.42. The average molecular weight is 247 g/mol. The number of hydrogen-bond acceptors (Lipinski definition) is 3. The summed E-state index contributed by atoms with van der Waals surface area (Å²) >= 11 is 0. The van der Waals surface area contributed by atoms with E-state index in [0.29, 0.717) is 18.2 Å². The van der Waals surface area contributed by atoms with Gasteiger partial charge in [0.1, 0.15) is 5.82 Å². The van der Waals surface area contributed by atoms with Crippen LogP contribution in [0.15, 0.2) is 18.3 Å². The third-order valence-electron chi connectivity index (χ3n) is 3.42. The van der Waals surface area contributed by atoms with Crippen LogP contribution in [-0.4, -0.2) is 24.0 Å². The van der Waals surface area contributed by atoms with E-state index < -0.39 is 0 Å². The monoisotopic (exact) mass is 247 g/mol. The van der Waals surface area contributed by atoms with Crippen LogP contribution in [0.2, 0.25) is 0 Å². The van der Waals surface area contributed by atoms with Crippen LogP contribution in [0.3, 0.4) is 0 Å². The molecule has 98 valence electrons. The molecule has 0 atom stereocenters. The molecule has 0 aliphatic carbocycles. The summed E-state index contributed by atoms with van der Waals surface area (Å²) < 4.78 is 0. The minimum Gasteiger partial charge on any atom is -0.317 e. The Morgan fingerprint density at radius 2 is 2.22 bits per heavy atom. The highest BCUT2D eigenvalue weighted by atomic mass is 16.1. The Balaban J connectivity index is 1.73. The number of pyridine rings is 1. The summed E-state index contributed by atoms with van der Waals surface area (Å²) in [4.78, 5) is 15.9. The van der Waals surface area contributed by atoms with Gasteiger partial charge in [-0.25, -0.2) is 4.98 Å². The van der Waals surface area contributed by atoms with Gasteiger partial charge >= 0.3 is 0 Å². The molecule has 2 N–H and O–H groups in total. The molecule has 18 heavy (non-hydrogen) atoms. The molecule has 1 aromatic rings.